The molecule has 0 amide bonds. The van der Waals surface area contributed by atoms with Gasteiger partial charge >= 0.3 is 0 Å². The molecule has 0 aliphatic carbocycles. The van der Waals surface area contributed by atoms with E-state index in [1.54, 1.807) is 0 Å². The molecule has 0 saturated carbocycles. The topological polar surface area (TPSA) is 29.0 Å². The maximum atomic E-state index is 4.34. The van der Waals surface area contributed by atoms with Crippen LogP contribution in [0.3, 0.4) is 0 Å². The van der Waals surface area contributed by atoms with E-state index in [0.29, 0.717) is 0 Å². The second-order valence-corrected chi connectivity index (χ2v) is 5.31. The lowest BCUT2D eigenvalue weighted by atomic mass is 10.0. The van der Waals surface area contributed by atoms with Gasteiger partial charge in [-0.3, -0.25) is 0 Å². The Labute approximate surface area is 98.1 Å². The Morgan fingerprint density at radius 2 is 1.71 bits per heavy atom. The molecule has 1 aliphatic heterocycles. The standard InChI is InChI=1S/C10H14IN3/c1-7-5-14(6-8(7)2)10-12-3-9(11)4-13-10/h3-4,7-8H,5-6H2,1-2H3. The third-order valence-electron chi connectivity index (χ3n) is 2.88. The van der Waals surface area contributed by atoms with Crippen molar-refractivity contribution in [1.29, 1.82) is 0 Å². The molecular weight excluding hydrogens is 289 g/mol. The summed E-state index contributed by atoms with van der Waals surface area (Å²) in [6.45, 7) is 6.75. The van der Waals surface area contributed by atoms with Crippen LogP contribution < -0.4 is 4.90 Å². The summed E-state index contributed by atoms with van der Waals surface area (Å²) in [5.74, 6) is 2.37. The van der Waals surface area contributed by atoms with Crippen molar-refractivity contribution in [1.82, 2.24) is 9.97 Å². The minimum absolute atomic E-state index is 0.748. The third kappa shape index (κ3) is 1.99. The highest BCUT2D eigenvalue weighted by atomic mass is 127. The summed E-state index contributed by atoms with van der Waals surface area (Å²) >= 11 is 2.22. The van der Waals surface area contributed by atoms with Crippen LogP contribution in [0.2, 0.25) is 0 Å². The highest BCUT2D eigenvalue weighted by molar-refractivity contribution is 14.1. The Hall–Kier alpha value is -0.390. The van der Waals surface area contributed by atoms with Gasteiger partial charge in [-0.2, -0.15) is 0 Å². The molecule has 0 aromatic carbocycles. The summed E-state index contributed by atoms with van der Waals surface area (Å²) in [4.78, 5) is 10.9. The molecule has 2 rings (SSSR count). The Morgan fingerprint density at radius 1 is 1.21 bits per heavy atom. The summed E-state index contributed by atoms with van der Waals surface area (Å²) in [5, 5.41) is 0. The maximum Gasteiger partial charge on any atom is 0.225 e. The molecule has 1 aliphatic rings. The van der Waals surface area contributed by atoms with Crippen LogP contribution in [0, 0.1) is 15.4 Å². The number of hydrogen-bond acceptors (Lipinski definition) is 3. The Balaban J connectivity index is 2.13. The van der Waals surface area contributed by atoms with E-state index in [-0.39, 0.29) is 0 Å². The molecule has 4 heteroatoms. The van der Waals surface area contributed by atoms with Crippen LogP contribution in [0.4, 0.5) is 5.95 Å². The normalized spacial score (nSPS) is 26.9. The predicted octanol–water partition coefficient (Wildman–Crippen LogP) is 2.17. The largest absolute Gasteiger partial charge is 0.340 e. The van der Waals surface area contributed by atoms with Crippen LogP contribution in [0.1, 0.15) is 13.8 Å². The van der Waals surface area contributed by atoms with Crippen LogP contribution in [0.25, 0.3) is 0 Å². The van der Waals surface area contributed by atoms with Gasteiger partial charge in [-0.05, 0) is 34.4 Å². The molecule has 2 atom stereocenters. The molecule has 2 heterocycles. The van der Waals surface area contributed by atoms with Crippen molar-refractivity contribution in [3.63, 3.8) is 0 Å². The molecule has 0 bridgehead atoms. The summed E-state index contributed by atoms with van der Waals surface area (Å²) in [7, 11) is 0. The maximum absolute atomic E-state index is 4.34. The first-order valence-electron chi connectivity index (χ1n) is 4.89. The highest BCUT2D eigenvalue weighted by Gasteiger charge is 2.27. The van der Waals surface area contributed by atoms with Gasteiger partial charge in [0, 0.05) is 29.1 Å². The van der Waals surface area contributed by atoms with Crippen molar-refractivity contribution in [2.75, 3.05) is 18.0 Å². The Bertz CT molecular complexity index is 302. The third-order valence-corrected chi connectivity index (χ3v) is 3.43. The summed E-state index contributed by atoms with van der Waals surface area (Å²) in [6, 6.07) is 0. The van der Waals surface area contributed by atoms with Crippen LogP contribution in [0.5, 0.6) is 0 Å². The average molecular weight is 303 g/mol. The number of nitrogens with zero attached hydrogens (tertiary/aromatic N) is 3. The molecule has 2 unspecified atom stereocenters. The molecule has 14 heavy (non-hydrogen) atoms. The highest BCUT2D eigenvalue weighted by Crippen LogP contribution is 2.24. The molecule has 1 fully saturated rings. The van der Waals surface area contributed by atoms with Crippen molar-refractivity contribution in [3.8, 4) is 0 Å². The van der Waals surface area contributed by atoms with E-state index in [0.717, 1.165) is 34.4 Å². The van der Waals surface area contributed by atoms with Crippen molar-refractivity contribution >= 4 is 28.5 Å². The summed E-state index contributed by atoms with van der Waals surface area (Å²) in [6.07, 6.45) is 3.74. The van der Waals surface area contributed by atoms with Gasteiger partial charge in [0.05, 0.1) is 0 Å². The number of hydrogen-bond donors (Lipinski definition) is 0. The fourth-order valence-electron chi connectivity index (χ4n) is 1.76. The quantitative estimate of drug-likeness (QED) is 0.745. The first-order chi connectivity index (χ1) is 6.66. The van der Waals surface area contributed by atoms with Crippen LogP contribution in [-0.4, -0.2) is 23.1 Å². The molecule has 1 saturated heterocycles. The Kier molecular flexibility index (Phi) is 2.90. The minimum atomic E-state index is 0.748. The molecule has 3 nitrogen and oxygen atoms in total. The van der Waals surface area contributed by atoms with Crippen LogP contribution in [0.15, 0.2) is 12.4 Å². The van der Waals surface area contributed by atoms with E-state index < -0.39 is 0 Å². The van der Waals surface area contributed by atoms with E-state index in [2.05, 4.69) is 51.3 Å². The fourth-order valence-corrected chi connectivity index (χ4v) is 2.04. The second-order valence-electron chi connectivity index (χ2n) is 4.06. The van der Waals surface area contributed by atoms with E-state index >= 15 is 0 Å². The lowest BCUT2D eigenvalue weighted by Crippen LogP contribution is -2.21. The van der Waals surface area contributed by atoms with Crippen LogP contribution in [-0.2, 0) is 0 Å². The second kappa shape index (κ2) is 4.00. The van der Waals surface area contributed by atoms with Gasteiger partial charge in [-0.25, -0.2) is 9.97 Å². The number of aromatic nitrogens is 2. The smallest absolute Gasteiger partial charge is 0.225 e. The minimum Gasteiger partial charge on any atom is -0.340 e. The number of rotatable bonds is 1. The van der Waals surface area contributed by atoms with Gasteiger partial charge in [0.15, 0.2) is 0 Å². The average Bonchev–Trinajstić information content (AvgIpc) is 2.48. The summed E-state index contributed by atoms with van der Waals surface area (Å²) < 4.78 is 1.09. The van der Waals surface area contributed by atoms with Gasteiger partial charge in [0.2, 0.25) is 5.95 Å². The zero-order valence-corrected chi connectivity index (χ0v) is 10.6. The van der Waals surface area contributed by atoms with Gasteiger partial charge in [0.1, 0.15) is 0 Å². The number of halogens is 1. The SMILES string of the molecule is CC1CN(c2ncc(I)cn2)CC1C. The molecule has 76 valence electrons. The summed E-state index contributed by atoms with van der Waals surface area (Å²) in [5.41, 5.74) is 0. The van der Waals surface area contributed by atoms with E-state index in [1.165, 1.54) is 0 Å². The zero-order chi connectivity index (χ0) is 10.1. The van der Waals surface area contributed by atoms with Crippen molar-refractivity contribution in [2.45, 2.75) is 13.8 Å². The van der Waals surface area contributed by atoms with Crippen molar-refractivity contribution in [3.05, 3.63) is 16.0 Å². The first-order valence-corrected chi connectivity index (χ1v) is 5.97. The lowest BCUT2D eigenvalue weighted by molar-refractivity contribution is 0.494. The van der Waals surface area contributed by atoms with Gasteiger partial charge < -0.3 is 4.90 Å². The molecule has 1 aromatic rings. The van der Waals surface area contributed by atoms with E-state index in [9.17, 15) is 0 Å². The van der Waals surface area contributed by atoms with Crippen LogP contribution >= 0.6 is 22.6 Å². The Morgan fingerprint density at radius 3 is 2.21 bits per heavy atom. The van der Waals surface area contributed by atoms with E-state index in [4.69, 9.17) is 0 Å². The molecular formula is C10H14IN3. The molecule has 0 N–H and O–H groups in total. The first kappa shape index (κ1) is 10.1. The zero-order valence-electron chi connectivity index (χ0n) is 8.44. The number of anilines is 1. The van der Waals surface area contributed by atoms with Gasteiger partial charge in [0.25, 0.3) is 0 Å². The van der Waals surface area contributed by atoms with Gasteiger partial charge in [-0.15, -0.1) is 0 Å². The van der Waals surface area contributed by atoms with Gasteiger partial charge in [-0.1, -0.05) is 13.8 Å². The van der Waals surface area contributed by atoms with E-state index in [1.807, 2.05) is 12.4 Å². The predicted molar refractivity (Wildman–Crippen MR) is 65.3 cm³/mol. The molecule has 1 aromatic heterocycles. The molecule has 0 radical (unpaired) electrons. The monoisotopic (exact) mass is 303 g/mol. The fraction of sp³-hybridized carbons (Fsp3) is 0.600. The molecule has 0 spiro atoms. The lowest BCUT2D eigenvalue weighted by Gasteiger charge is -2.14. The van der Waals surface area contributed by atoms with Crippen molar-refractivity contribution < 1.29 is 0 Å². The van der Waals surface area contributed by atoms with Crippen molar-refractivity contribution in [2.24, 2.45) is 11.8 Å².